The first-order valence-electron chi connectivity index (χ1n) is 5.90. The predicted octanol–water partition coefficient (Wildman–Crippen LogP) is 0.0904. The minimum absolute atomic E-state index is 0.232. The third kappa shape index (κ3) is 1.72. The maximum Gasteiger partial charge on any atom is 0.259 e. The molecular weight excluding hydrogens is 248 g/mol. The first kappa shape index (κ1) is 11.6. The lowest BCUT2D eigenvalue weighted by molar-refractivity contribution is -0.134. The van der Waals surface area contributed by atoms with Crippen LogP contribution in [0.3, 0.4) is 0 Å². The van der Waals surface area contributed by atoms with Gasteiger partial charge in [0, 0.05) is 6.42 Å². The third-order valence-corrected chi connectivity index (χ3v) is 3.41. The van der Waals surface area contributed by atoms with Gasteiger partial charge in [-0.15, -0.1) is 0 Å². The van der Waals surface area contributed by atoms with Gasteiger partial charge in [-0.05, 0) is 18.1 Å². The minimum atomic E-state index is -0.565. The third-order valence-electron chi connectivity index (χ3n) is 3.41. The van der Waals surface area contributed by atoms with Crippen LogP contribution in [0.25, 0.3) is 0 Å². The second kappa shape index (κ2) is 4.01. The second-order valence-corrected chi connectivity index (χ2v) is 4.56. The number of carbonyl (C=O) groups is 4. The summed E-state index contributed by atoms with van der Waals surface area (Å²) in [5.41, 5.74) is 1.04. The van der Waals surface area contributed by atoms with Gasteiger partial charge in [-0.1, -0.05) is 12.1 Å². The van der Waals surface area contributed by atoms with Gasteiger partial charge in [0.2, 0.25) is 11.8 Å². The molecule has 6 heteroatoms. The standard InChI is InChI=1S/C13H10N2O4/c16-9-5-4-7(11(17)14-9)6-2-1-3-8-10(6)13(19)15-12(8)18/h1-3,7H,4-5H2,(H,14,16,17)(H,15,18,19)/t7-/m1/s1. The van der Waals surface area contributed by atoms with E-state index in [1.165, 1.54) is 0 Å². The molecule has 6 nitrogen and oxygen atoms in total. The maximum atomic E-state index is 11.8. The van der Waals surface area contributed by atoms with Crippen LogP contribution in [0.1, 0.15) is 45.0 Å². The Bertz CT molecular complexity index is 636. The molecule has 19 heavy (non-hydrogen) atoms. The number of amides is 4. The van der Waals surface area contributed by atoms with E-state index in [0.29, 0.717) is 12.0 Å². The van der Waals surface area contributed by atoms with Crippen molar-refractivity contribution in [2.75, 3.05) is 0 Å². The fourth-order valence-corrected chi connectivity index (χ4v) is 2.53. The van der Waals surface area contributed by atoms with E-state index >= 15 is 0 Å². The summed E-state index contributed by atoms with van der Waals surface area (Å²) in [6.45, 7) is 0. The Morgan fingerprint density at radius 3 is 2.53 bits per heavy atom. The van der Waals surface area contributed by atoms with Gasteiger partial charge in [0.05, 0.1) is 17.0 Å². The van der Waals surface area contributed by atoms with Gasteiger partial charge < -0.3 is 0 Å². The molecule has 0 radical (unpaired) electrons. The van der Waals surface area contributed by atoms with Crippen LogP contribution in [0.2, 0.25) is 0 Å². The van der Waals surface area contributed by atoms with E-state index in [2.05, 4.69) is 10.6 Å². The highest BCUT2D eigenvalue weighted by atomic mass is 16.2. The summed E-state index contributed by atoms with van der Waals surface area (Å²) in [4.78, 5) is 46.3. The highest BCUT2D eigenvalue weighted by molar-refractivity contribution is 6.22. The van der Waals surface area contributed by atoms with Gasteiger partial charge >= 0.3 is 0 Å². The van der Waals surface area contributed by atoms with Crippen LogP contribution in [-0.2, 0) is 9.59 Å². The number of hydrogen-bond acceptors (Lipinski definition) is 4. The molecule has 0 aromatic heterocycles. The molecular formula is C13H10N2O4. The van der Waals surface area contributed by atoms with E-state index in [9.17, 15) is 19.2 Å². The van der Waals surface area contributed by atoms with Crippen molar-refractivity contribution in [3.05, 3.63) is 34.9 Å². The minimum Gasteiger partial charge on any atom is -0.296 e. The van der Waals surface area contributed by atoms with Crippen molar-refractivity contribution in [1.29, 1.82) is 0 Å². The summed E-state index contributed by atoms with van der Waals surface area (Å²) in [6.07, 6.45) is 0.582. The van der Waals surface area contributed by atoms with E-state index in [1.807, 2.05) is 0 Å². The summed E-state index contributed by atoms with van der Waals surface area (Å²) >= 11 is 0. The van der Waals surface area contributed by atoms with Gasteiger partial charge in [0.25, 0.3) is 11.8 Å². The summed E-state index contributed by atoms with van der Waals surface area (Å²) in [5.74, 6) is -2.23. The van der Waals surface area contributed by atoms with Crippen LogP contribution in [0.5, 0.6) is 0 Å². The van der Waals surface area contributed by atoms with Crippen LogP contribution < -0.4 is 10.6 Å². The van der Waals surface area contributed by atoms with E-state index in [4.69, 9.17) is 0 Å². The number of benzene rings is 1. The van der Waals surface area contributed by atoms with Crippen LogP contribution >= 0.6 is 0 Å². The van der Waals surface area contributed by atoms with Crippen molar-refractivity contribution in [2.45, 2.75) is 18.8 Å². The van der Waals surface area contributed by atoms with Crippen LogP contribution in [-0.4, -0.2) is 23.6 Å². The number of fused-ring (bicyclic) bond motifs is 1. The topological polar surface area (TPSA) is 92.3 Å². The van der Waals surface area contributed by atoms with Crippen molar-refractivity contribution in [2.24, 2.45) is 0 Å². The van der Waals surface area contributed by atoms with Crippen molar-refractivity contribution in [3.8, 4) is 0 Å². The quantitative estimate of drug-likeness (QED) is 0.698. The SMILES string of the molecule is O=C1CC[C@H](c2cccc3c2C(=O)NC3=O)C(=O)N1. The highest BCUT2D eigenvalue weighted by Crippen LogP contribution is 2.31. The first-order chi connectivity index (χ1) is 9.08. The number of nitrogens with one attached hydrogen (secondary N) is 2. The number of piperidine rings is 1. The zero-order valence-electron chi connectivity index (χ0n) is 9.86. The van der Waals surface area contributed by atoms with E-state index in [1.54, 1.807) is 18.2 Å². The van der Waals surface area contributed by atoms with Crippen LogP contribution in [0, 0.1) is 0 Å². The van der Waals surface area contributed by atoms with Crippen molar-refractivity contribution in [3.63, 3.8) is 0 Å². The molecule has 2 aliphatic rings. The number of hydrogen-bond donors (Lipinski definition) is 2. The Kier molecular flexibility index (Phi) is 2.45. The molecule has 0 saturated carbocycles. The van der Waals surface area contributed by atoms with Gasteiger partial charge in [-0.3, -0.25) is 29.8 Å². The molecule has 1 aromatic carbocycles. The van der Waals surface area contributed by atoms with Gasteiger partial charge in [-0.25, -0.2) is 0 Å². The zero-order valence-corrected chi connectivity index (χ0v) is 9.86. The lowest BCUT2D eigenvalue weighted by atomic mass is 9.86. The molecule has 2 heterocycles. The summed E-state index contributed by atoms with van der Waals surface area (Å²) in [6, 6.07) is 4.83. The largest absolute Gasteiger partial charge is 0.296 e. The van der Waals surface area contributed by atoms with Gasteiger partial charge in [0.1, 0.15) is 0 Å². The normalized spacial score (nSPS) is 22.0. The fourth-order valence-electron chi connectivity index (χ4n) is 2.53. The molecule has 0 unspecified atom stereocenters. The molecule has 3 rings (SSSR count). The van der Waals surface area contributed by atoms with E-state index in [-0.39, 0.29) is 23.5 Å². The second-order valence-electron chi connectivity index (χ2n) is 4.56. The predicted molar refractivity (Wildman–Crippen MR) is 63.4 cm³/mol. The van der Waals surface area contributed by atoms with Crippen molar-refractivity contribution >= 4 is 23.6 Å². The van der Waals surface area contributed by atoms with Crippen LogP contribution in [0.4, 0.5) is 0 Å². The summed E-state index contributed by atoms with van der Waals surface area (Å²) in [5, 5.41) is 4.46. The zero-order chi connectivity index (χ0) is 13.6. The fraction of sp³-hybridized carbons (Fsp3) is 0.231. The average Bonchev–Trinajstić information content (AvgIpc) is 2.65. The Hall–Kier alpha value is -2.50. The molecule has 1 aromatic rings. The Morgan fingerprint density at radius 1 is 1.00 bits per heavy atom. The van der Waals surface area contributed by atoms with Crippen molar-refractivity contribution < 1.29 is 19.2 Å². The van der Waals surface area contributed by atoms with Crippen molar-refractivity contribution in [1.82, 2.24) is 10.6 Å². The molecule has 0 aliphatic carbocycles. The molecule has 1 atom stereocenters. The molecule has 1 saturated heterocycles. The average molecular weight is 258 g/mol. The number of imide groups is 2. The Balaban J connectivity index is 2.08. The van der Waals surface area contributed by atoms with Gasteiger partial charge in [-0.2, -0.15) is 0 Å². The maximum absolute atomic E-state index is 11.8. The number of carbonyl (C=O) groups excluding carboxylic acids is 4. The molecule has 96 valence electrons. The lowest BCUT2D eigenvalue weighted by Gasteiger charge is -2.22. The van der Waals surface area contributed by atoms with Gasteiger partial charge in [0.15, 0.2) is 0 Å². The summed E-state index contributed by atoms with van der Waals surface area (Å²) in [7, 11) is 0. The summed E-state index contributed by atoms with van der Waals surface area (Å²) < 4.78 is 0. The molecule has 1 fully saturated rings. The Labute approximate surface area is 108 Å². The highest BCUT2D eigenvalue weighted by Gasteiger charge is 2.35. The molecule has 4 amide bonds. The van der Waals surface area contributed by atoms with E-state index in [0.717, 1.165) is 0 Å². The molecule has 0 spiro atoms. The monoisotopic (exact) mass is 258 g/mol. The molecule has 2 aliphatic heterocycles. The molecule has 2 N–H and O–H groups in total. The first-order valence-corrected chi connectivity index (χ1v) is 5.90. The lowest BCUT2D eigenvalue weighted by Crippen LogP contribution is -2.40. The smallest absolute Gasteiger partial charge is 0.259 e. The van der Waals surface area contributed by atoms with Crippen LogP contribution in [0.15, 0.2) is 18.2 Å². The Morgan fingerprint density at radius 2 is 1.79 bits per heavy atom. The molecule has 0 bridgehead atoms. The number of rotatable bonds is 1. The van der Waals surface area contributed by atoms with E-state index < -0.39 is 23.6 Å².